The Hall–Kier alpha value is -0.510. The SMILES string of the molecule is [CH2]C12CC3CC(C)(C1)CC(C#N)(C3)C2. The fourth-order valence-corrected chi connectivity index (χ4v) is 5.26. The molecule has 4 atom stereocenters. The van der Waals surface area contributed by atoms with Gasteiger partial charge in [-0.25, -0.2) is 0 Å². The Morgan fingerprint density at radius 3 is 2.57 bits per heavy atom. The van der Waals surface area contributed by atoms with Crippen LogP contribution in [0.2, 0.25) is 0 Å². The van der Waals surface area contributed by atoms with Gasteiger partial charge in [0.25, 0.3) is 0 Å². The van der Waals surface area contributed by atoms with Gasteiger partial charge in [-0.2, -0.15) is 5.26 Å². The molecule has 0 aromatic carbocycles. The topological polar surface area (TPSA) is 23.8 Å². The van der Waals surface area contributed by atoms with Crippen LogP contribution in [0.5, 0.6) is 0 Å². The Labute approximate surface area is 86.5 Å². The fourth-order valence-electron chi connectivity index (χ4n) is 5.26. The van der Waals surface area contributed by atoms with Gasteiger partial charge in [0.1, 0.15) is 0 Å². The summed E-state index contributed by atoms with van der Waals surface area (Å²) in [6.45, 7) is 6.80. The third kappa shape index (κ3) is 1.00. The minimum absolute atomic E-state index is 0.00984. The van der Waals surface area contributed by atoms with Gasteiger partial charge < -0.3 is 0 Å². The number of nitrogens with zero attached hydrogens (tertiary/aromatic N) is 1. The lowest BCUT2D eigenvalue weighted by atomic mass is 9.41. The first-order chi connectivity index (χ1) is 6.47. The van der Waals surface area contributed by atoms with Crippen LogP contribution >= 0.6 is 0 Å². The molecule has 0 aromatic rings. The van der Waals surface area contributed by atoms with E-state index in [4.69, 9.17) is 0 Å². The highest BCUT2D eigenvalue weighted by Crippen LogP contribution is 2.69. The molecule has 14 heavy (non-hydrogen) atoms. The number of hydrogen-bond donors (Lipinski definition) is 0. The van der Waals surface area contributed by atoms with E-state index in [1.807, 2.05) is 0 Å². The molecule has 4 bridgehead atoms. The molecule has 0 heterocycles. The smallest absolute Gasteiger partial charge is 0.0690 e. The molecule has 4 fully saturated rings. The molecule has 4 unspecified atom stereocenters. The summed E-state index contributed by atoms with van der Waals surface area (Å²) in [7, 11) is 0. The van der Waals surface area contributed by atoms with Crippen molar-refractivity contribution in [3.8, 4) is 6.07 Å². The van der Waals surface area contributed by atoms with Gasteiger partial charge in [-0.3, -0.25) is 0 Å². The molecular formula is C13H18N. The molecule has 75 valence electrons. The van der Waals surface area contributed by atoms with Crippen LogP contribution < -0.4 is 0 Å². The molecule has 0 aliphatic heterocycles. The van der Waals surface area contributed by atoms with Gasteiger partial charge >= 0.3 is 0 Å². The first kappa shape index (κ1) is 8.77. The second-order valence-corrected chi connectivity index (χ2v) is 6.71. The quantitative estimate of drug-likeness (QED) is 0.572. The highest BCUT2D eigenvalue weighted by atomic mass is 14.6. The average Bonchev–Trinajstić information content (AvgIpc) is 1.97. The van der Waals surface area contributed by atoms with E-state index in [1.54, 1.807) is 0 Å². The second-order valence-electron chi connectivity index (χ2n) is 6.71. The van der Waals surface area contributed by atoms with Crippen molar-refractivity contribution < 1.29 is 0 Å². The zero-order chi connectivity index (χ0) is 10.0. The highest BCUT2D eigenvalue weighted by molar-refractivity contribution is 5.18. The van der Waals surface area contributed by atoms with Crippen molar-refractivity contribution in [1.29, 1.82) is 5.26 Å². The lowest BCUT2D eigenvalue weighted by Crippen LogP contribution is -2.54. The van der Waals surface area contributed by atoms with Crippen molar-refractivity contribution in [3.05, 3.63) is 6.92 Å². The van der Waals surface area contributed by atoms with Gasteiger partial charge in [0, 0.05) is 0 Å². The monoisotopic (exact) mass is 188 g/mol. The Morgan fingerprint density at radius 2 is 2.00 bits per heavy atom. The van der Waals surface area contributed by atoms with E-state index in [1.165, 1.54) is 19.3 Å². The van der Waals surface area contributed by atoms with Gasteiger partial charge in [0.15, 0.2) is 0 Å². The van der Waals surface area contributed by atoms with Gasteiger partial charge in [0.2, 0.25) is 0 Å². The molecule has 4 aliphatic rings. The van der Waals surface area contributed by atoms with Crippen molar-refractivity contribution in [2.24, 2.45) is 22.2 Å². The molecule has 0 spiro atoms. The minimum atomic E-state index is 0.00984. The van der Waals surface area contributed by atoms with Crippen LogP contribution in [0.4, 0.5) is 0 Å². The Bertz CT molecular complexity index is 307. The van der Waals surface area contributed by atoms with Crippen LogP contribution in [0.15, 0.2) is 0 Å². The van der Waals surface area contributed by atoms with Crippen molar-refractivity contribution in [2.75, 3.05) is 0 Å². The first-order valence-corrected chi connectivity index (χ1v) is 5.73. The molecule has 4 saturated carbocycles. The summed E-state index contributed by atoms with van der Waals surface area (Å²) in [5.41, 5.74) is 0.705. The minimum Gasteiger partial charge on any atom is -0.198 e. The molecule has 4 rings (SSSR count). The second kappa shape index (κ2) is 2.18. The molecule has 0 aromatic heterocycles. The highest BCUT2D eigenvalue weighted by Gasteiger charge is 2.60. The van der Waals surface area contributed by atoms with Crippen molar-refractivity contribution in [2.45, 2.75) is 45.4 Å². The fraction of sp³-hybridized carbons (Fsp3) is 0.846. The van der Waals surface area contributed by atoms with Crippen LogP contribution in [-0.4, -0.2) is 0 Å². The maximum absolute atomic E-state index is 9.38. The molecule has 1 nitrogen and oxygen atoms in total. The van der Waals surface area contributed by atoms with Crippen LogP contribution in [0.1, 0.15) is 45.4 Å². The lowest BCUT2D eigenvalue weighted by molar-refractivity contribution is -0.109. The van der Waals surface area contributed by atoms with Crippen LogP contribution in [0.25, 0.3) is 0 Å². The van der Waals surface area contributed by atoms with Crippen molar-refractivity contribution >= 4 is 0 Å². The normalized spacial score (nSPS) is 59.9. The van der Waals surface area contributed by atoms with Gasteiger partial charge in [-0.1, -0.05) is 6.92 Å². The van der Waals surface area contributed by atoms with E-state index in [0.717, 1.165) is 25.2 Å². The number of hydrogen-bond acceptors (Lipinski definition) is 1. The molecule has 0 amide bonds. The summed E-state index contributed by atoms with van der Waals surface area (Å²) in [6, 6.07) is 2.62. The molecule has 1 radical (unpaired) electrons. The zero-order valence-corrected chi connectivity index (χ0v) is 8.97. The van der Waals surface area contributed by atoms with Gasteiger partial charge in [0.05, 0.1) is 11.5 Å². The van der Waals surface area contributed by atoms with E-state index in [9.17, 15) is 5.26 Å². The zero-order valence-electron chi connectivity index (χ0n) is 8.97. The van der Waals surface area contributed by atoms with Crippen LogP contribution in [-0.2, 0) is 0 Å². The number of nitriles is 1. The molecule has 0 saturated heterocycles. The average molecular weight is 188 g/mol. The van der Waals surface area contributed by atoms with E-state index >= 15 is 0 Å². The largest absolute Gasteiger partial charge is 0.198 e. The van der Waals surface area contributed by atoms with E-state index in [2.05, 4.69) is 19.9 Å². The maximum Gasteiger partial charge on any atom is 0.0690 e. The molecule has 0 N–H and O–H groups in total. The summed E-state index contributed by atoms with van der Waals surface area (Å²) >= 11 is 0. The molecule has 1 heteroatoms. The van der Waals surface area contributed by atoms with E-state index in [-0.39, 0.29) is 10.8 Å². The van der Waals surface area contributed by atoms with E-state index in [0.29, 0.717) is 5.41 Å². The molecule has 4 aliphatic carbocycles. The maximum atomic E-state index is 9.38. The Balaban J connectivity index is 2.06. The number of rotatable bonds is 0. The first-order valence-electron chi connectivity index (χ1n) is 5.73. The van der Waals surface area contributed by atoms with Crippen LogP contribution in [0.3, 0.4) is 0 Å². The van der Waals surface area contributed by atoms with Gasteiger partial charge in [-0.05, 0) is 62.2 Å². The summed E-state index contributed by atoms with van der Waals surface area (Å²) in [5.74, 6) is 0.799. The predicted molar refractivity (Wildman–Crippen MR) is 55.1 cm³/mol. The Kier molecular flexibility index (Phi) is 1.37. The van der Waals surface area contributed by atoms with Crippen molar-refractivity contribution in [3.63, 3.8) is 0 Å². The third-order valence-corrected chi connectivity index (χ3v) is 4.70. The third-order valence-electron chi connectivity index (χ3n) is 4.70. The lowest BCUT2D eigenvalue weighted by Gasteiger charge is -2.63. The predicted octanol–water partition coefficient (Wildman–Crippen LogP) is 3.32. The van der Waals surface area contributed by atoms with Gasteiger partial charge in [-0.15, -0.1) is 0 Å². The Morgan fingerprint density at radius 1 is 1.21 bits per heavy atom. The van der Waals surface area contributed by atoms with Crippen LogP contribution in [0, 0.1) is 40.4 Å². The summed E-state index contributed by atoms with van der Waals surface area (Å²) in [4.78, 5) is 0. The van der Waals surface area contributed by atoms with E-state index < -0.39 is 0 Å². The van der Waals surface area contributed by atoms with Crippen molar-refractivity contribution in [1.82, 2.24) is 0 Å². The summed E-state index contributed by atoms with van der Waals surface area (Å²) < 4.78 is 0. The standard InChI is InChI=1S/C13H18N/c1-11-3-10-4-12(2,6-11)8-13(5-10,7-11)9-14/h10H,1,3-8H2,2H3. The summed E-state index contributed by atoms with van der Waals surface area (Å²) in [6.07, 6.45) is 7.28. The molecular weight excluding hydrogens is 170 g/mol. The summed E-state index contributed by atoms with van der Waals surface area (Å²) in [5, 5.41) is 9.38.